The molecule has 0 aromatic heterocycles. The number of likely N-dealkylation sites (tertiary alicyclic amines) is 1. The van der Waals surface area contributed by atoms with Crippen molar-refractivity contribution in [3.05, 3.63) is 28.8 Å². The van der Waals surface area contributed by atoms with Gasteiger partial charge in [0.1, 0.15) is 12.4 Å². The molecular weight excluding hydrogens is 284 g/mol. The predicted octanol–water partition coefficient (Wildman–Crippen LogP) is 3.46. The molecule has 116 valence electrons. The van der Waals surface area contributed by atoms with Gasteiger partial charge in [0.05, 0.1) is 0 Å². The maximum absolute atomic E-state index is 6.11. The van der Waals surface area contributed by atoms with Crippen LogP contribution in [0.5, 0.6) is 5.75 Å². The molecule has 0 radical (unpaired) electrons. The normalized spacial score (nSPS) is 19.7. The highest BCUT2D eigenvalue weighted by Gasteiger charge is 2.20. The van der Waals surface area contributed by atoms with Gasteiger partial charge in [0, 0.05) is 29.7 Å². The first-order valence-corrected chi connectivity index (χ1v) is 8.56. The van der Waals surface area contributed by atoms with Crippen LogP contribution < -0.4 is 10.1 Å². The van der Waals surface area contributed by atoms with Crippen molar-refractivity contribution >= 4 is 11.6 Å². The largest absolute Gasteiger partial charge is 0.492 e. The molecule has 1 aliphatic carbocycles. The van der Waals surface area contributed by atoms with E-state index < -0.39 is 0 Å². The third kappa shape index (κ3) is 4.87. The van der Waals surface area contributed by atoms with Gasteiger partial charge in [0.15, 0.2) is 0 Å². The highest BCUT2D eigenvalue weighted by Crippen LogP contribution is 2.25. The van der Waals surface area contributed by atoms with Gasteiger partial charge in [0.25, 0.3) is 0 Å². The summed E-state index contributed by atoms with van der Waals surface area (Å²) < 4.78 is 6.01. The van der Waals surface area contributed by atoms with Crippen molar-refractivity contribution in [1.29, 1.82) is 0 Å². The molecule has 1 saturated heterocycles. The van der Waals surface area contributed by atoms with Crippen molar-refractivity contribution < 1.29 is 4.74 Å². The van der Waals surface area contributed by atoms with E-state index in [1.165, 1.54) is 50.8 Å². The highest BCUT2D eigenvalue weighted by molar-refractivity contribution is 6.30. The fraction of sp³-hybridized carbons (Fsp3) is 0.647. The van der Waals surface area contributed by atoms with Gasteiger partial charge in [-0.15, -0.1) is 0 Å². The molecule has 2 fully saturated rings. The van der Waals surface area contributed by atoms with Gasteiger partial charge in [-0.3, -0.25) is 4.90 Å². The minimum absolute atomic E-state index is 0.699. The van der Waals surface area contributed by atoms with Crippen molar-refractivity contribution in [2.75, 3.05) is 26.2 Å². The monoisotopic (exact) mass is 308 g/mol. The van der Waals surface area contributed by atoms with Crippen LogP contribution in [0.15, 0.2) is 18.2 Å². The second-order valence-electron chi connectivity index (χ2n) is 6.16. The van der Waals surface area contributed by atoms with Gasteiger partial charge >= 0.3 is 0 Å². The van der Waals surface area contributed by atoms with Crippen LogP contribution in [0.2, 0.25) is 5.02 Å². The van der Waals surface area contributed by atoms with E-state index in [1.807, 2.05) is 18.2 Å². The Labute approximate surface area is 132 Å². The standard InChI is InChI=1S/C17H25ClN2O/c18-15-4-7-17(14(12-15)13-19-16-5-6-16)21-11-10-20-8-2-1-3-9-20/h4,7,12,16,19H,1-3,5-6,8-11,13H2. The Kier molecular flexibility index (Phi) is 5.39. The molecule has 1 heterocycles. The average Bonchev–Trinajstić information content (AvgIpc) is 3.32. The average molecular weight is 309 g/mol. The van der Waals surface area contributed by atoms with Crippen molar-refractivity contribution in [1.82, 2.24) is 10.2 Å². The van der Waals surface area contributed by atoms with Crippen LogP contribution in [0.25, 0.3) is 0 Å². The Morgan fingerprint density at radius 2 is 2.00 bits per heavy atom. The number of piperidine rings is 1. The molecule has 1 saturated carbocycles. The third-order valence-electron chi connectivity index (χ3n) is 4.29. The van der Waals surface area contributed by atoms with Gasteiger partial charge in [-0.1, -0.05) is 18.0 Å². The maximum atomic E-state index is 6.11. The molecule has 0 atom stereocenters. The van der Waals surface area contributed by atoms with E-state index in [0.29, 0.717) is 6.04 Å². The number of nitrogens with one attached hydrogen (secondary N) is 1. The van der Waals surface area contributed by atoms with E-state index in [0.717, 1.165) is 30.5 Å². The van der Waals surface area contributed by atoms with E-state index in [1.54, 1.807) is 0 Å². The Morgan fingerprint density at radius 1 is 1.19 bits per heavy atom. The Bertz CT molecular complexity index is 456. The van der Waals surface area contributed by atoms with E-state index >= 15 is 0 Å². The van der Waals surface area contributed by atoms with Crippen LogP contribution >= 0.6 is 11.6 Å². The lowest BCUT2D eigenvalue weighted by Crippen LogP contribution is -2.33. The molecule has 0 spiro atoms. The first-order chi connectivity index (χ1) is 10.3. The van der Waals surface area contributed by atoms with Crippen molar-refractivity contribution in [2.45, 2.75) is 44.7 Å². The molecule has 0 bridgehead atoms. The number of nitrogens with zero attached hydrogens (tertiary/aromatic N) is 1. The molecule has 1 aromatic carbocycles. The van der Waals surface area contributed by atoms with Crippen molar-refractivity contribution in [3.63, 3.8) is 0 Å². The van der Waals surface area contributed by atoms with Crippen LogP contribution in [0.1, 0.15) is 37.7 Å². The Balaban J connectivity index is 1.50. The van der Waals surface area contributed by atoms with Gasteiger partial charge < -0.3 is 10.1 Å². The van der Waals surface area contributed by atoms with E-state index in [-0.39, 0.29) is 0 Å². The molecule has 0 amide bonds. The Morgan fingerprint density at radius 3 is 2.76 bits per heavy atom. The van der Waals surface area contributed by atoms with Gasteiger partial charge in [-0.25, -0.2) is 0 Å². The zero-order valence-electron chi connectivity index (χ0n) is 12.6. The third-order valence-corrected chi connectivity index (χ3v) is 4.53. The van der Waals surface area contributed by atoms with Crippen LogP contribution in [-0.4, -0.2) is 37.2 Å². The summed E-state index contributed by atoms with van der Waals surface area (Å²) in [4.78, 5) is 2.50. The summed E-state index contributed by atoms with van der Waals surface area (Å²) >= 11 is 6.11. The second kappa shape index (κ2) is 7.48. The van der Waals surface area contributed by atoms with Gasteiger partial charge in [0.2, 0.25) is 0 Å². The lowest BCUT2D eigenvalue weighted by molar-refractivity contribution is 0.182. The molecule has 1 N–H and O–H groups in total. The number of hydrogen-bond donors (Lipinski definition) is 1. The van der Waals surface area contributed by atoms with Crippen molar-refractivity contribution in [3.8, 4) is 5.75 Å². The predicted molar refractivity (Wildman–Crippen MR) is 87.1 cm³/mol. The lowest BCUT2D eigenvalue weighted by atomic mass is 10.1. The topological polar surface area (TPSA) is 24.5 Å². The molecular formula is C17H25ClN2O. The molecule has 4 heteroatoms. The molecule has 2 aliphatic rings. The summed E-state index contributed by atoms with van der Waals surface area (Å²) in [5, 5.41) is 4.31. The minimum atomic E-state index is 0.699. The SMILES string of the molecule is Clc1ccc(OCCN2CCCCC2)c(CNC2CC2)c1. The number of hydrogen-bond acceptors (Lipinski definition) is 3. The highest BCUT2D eigenvalue weighted by atomic mass is 35.5. The number of ether oxygens (including phenoxy) is 1. The minimum Gasteiger partial charge on any atom is -0.492 e. The summed E-state index contributed by atoms with van der Waals surface area (Å²) in [5.41, 5.74) is 1.17. The second-order valence-corrected chi connectivity index (χ2v) is 6.59. The summed E-state index contributed by atoms with van der Waals surface area (Å²) in [5.74, 6) is 0.976. The molecule has 21 heavy (non-hydrogen) atoms. The molecule has 1 aliphatic heterocycles. The van der Waals surface area contributed by atoms with E-state index in [2.05, 4.69) is 10.2 Å². The quantitative estimate of drug-likeness (QED) is 0.835. The fourth-order valence-electron chi connectivity index (χ4n) is 2.84. The Hall–Kier alpha value is -0.770. The van der Waals surface area contributed by atoms with Gasteiger partial charge in [-0.2, -0.15) is 0 Å². The zero-order valence-corrected chi connectivity index (χ0v) is 13.4. The van der Waals surface area contributed by atoms with E-state index in [9.17, 15) is 0 Å². The van der Waals surface area contributed by atoms with Crippen LogP contribution in [0.3, 0.4) is 0 Å². The first-order valence-electron chi connectivity index (χ1n) is 8.18. The molecule has 1 aromatic rings. The number of halogens is 1. The molecule has 3 nitrogen and oxygen atoms in total. The molecule has 0 unspecified atom stereocenters. The summed E-state index contributed by atoms with van der Waals surface area (Å²) in [6.07, 6.45) is 6.64. The summed E-state index contributed by atoms with van der Waals surface area (Å²) in [6, 6.07) is 6.64. The van der Waals surface area contributed by atoms with Crippen LogP contribution in [-0.2, 0) is 6.54 Å². The fourth-order valence-corrected chi connectivity index (χ4v) is 3.03. The van der Waals surface area contributed by atoms with E-state index in [4.69, 9.17) is 16.3 Å². The lowest BCUT2D eigenvalue weighted by Gasteiger charge is -2.26. The first kappa shape index (κ1) is 15.1. The molecule has 3 rings (SSSR count). The number of rotatable bonds is 7. The zero-order chi connectivity index (χ0) is 14.5. The summed E-state index contributed by atoms with van der Waals surface area (Å²) in [6.45, 7) is 5.08. The maximum Gasteiger partial charge on any atom is 0.123 e. The van der Waals surface area contributed by atoms with Crippen LogP contribution in [0.4, 0.5) is 0 Å². The number of benzene rings is 1. The van der Waals surface area contributed by atoms with Crippen LogP contribution in [0, 0.1) is 0 Å². The van der Waals surface area contributed by atoms with Crippen molar-refractivity contribution in [2.24, 2.45) is 0 Å². The summed E-state index contributed by atoms with van der Waals surface area (Å²) in [7, 11) is 0. The van der Waals surface area contributed by atoms with Gasteiger partial charge in [-0.05, 0) is 57.0 Å². The smallest absolute Gasteiger partial charge is 0.123 e.